The van der Waals surface area contributed by atoms with E-state index in [0.29, 0.717) is 37.1 Å². The Kier molecular flexibility index (Phi) is 7.70. The topological polar surface area (TPSA) is 132 Å². The molecule has 1 amide bonds. The molecule has 33 heavy (non-hydrogen) atoms. The number of hydrogen-bond donors (Lipinski definition) is 4. The SMILES string of the molecule is NCC1(N=CC(C(N)=O)C(N)=Nc2ccc(F)cc2)CCC(Nc2ccc(F)c(F)c2)CC1. The Balaban J connectivity index is 1.67. The lowest BCUT2D eigenvalue weighted by atomic mass is 9.79. The summed E-state index contributed by atoms with van der Waals surface area (Å²) in [6.07, 6.45) is 3.98. The number of carbonyl (C=O) groups is 1. The standard InChI is InChI=1S/C23H27F3N6O/c24-14-1-3-15(4-2-14)32-21(28)18(22(29)33)12-30-23(13-27)9-7-16(8-10-23)31-17-5-6-19(25)20(26)11-17/h1-6,11-12,16,18,31H,7-10,13,27H2,(H2,28,32)(H2,29,33). The van der Waals surface area contributed by atoms with E-state index >= 15 is 0 Å². The van der Waals surface area contributed by atoms with Crippen LogP contribution in [0.5, 0.6) is 0 Å². The van der Waals surface area contributed by atoms with Crippen molar-refractivity contribution in [2.45, 2.75) is 37.3 Å². The third kappa shape index (κ3) is 6.32. The van der Waals surface area contributed by atoms with Gasteiger partial charge in [-0.05, 0) is 62.1 Å². The van der Waals surface area contributed by atoms with Crippen LogP contribution in [-0.4, -0.2) is 36.1 Å². The summed E-state index contributed by atoms with van der Waals surface area (Å²) in [6.45, 7) is 0.252. The number of nitrogens with two attached hydrogens (primary N) is 3. The van der Waals surface area contributed by atoms with Gasteiger partial charge in [0.2, 0.25) is 5.91 Å². The van der Waals surface area contributed by atoms with Gasteiger partial charge in [0.15, 0.2) is 11.6 Å². The summed E-state index contributed by atoms with van der Waals surface area (Å²) in [7, 11) is 0. The van der Waals surface area contributed by atoms with Crippen LogP contribution in [0.1, 0.15) is 25.7 Å². The van der Waals surface area contributed by atoms with Gasteiger partial charge >= 0.3 is 0 Å². The molecule has 1 atom stereocenters. The first-order chi connectivity index (χ1) is 15.7. The van der Waals surface area contributed by atoms with E-state index < -0.39 is 34.8 Å². The van der Waals surface area contributed by atoms with Gasteiger partial charge in [-0.15, -0.1) is 0 Å². The average Bonchev–Trinajstić information content (AvgIpc) is 2.79. The summed E-state index contributed by atoms with van der Waals surface area (Å²) in [4.78, 5) is 20.7. The summed E-state index contributed by atoms with van der Waals surface area (Å²) in [5.41, 5.74) is 17.8. The van der Waals surface area contributed by atoms with Crippen LogP contribution >= 0.6 is 0 Å². The number of aliphatic imine (C=N–C) groups is 2. The van der Waals surface area contributed by atoms with Crippen molar-refractivity contribution in [3.8, 4) is 0 Å². The van der Waals surface area contributed by atoms with Gasteiger partial charge in [-0.3, -0.25) is 9.79 Å². The molecule has 7 N–H and O–H groups in total. The molecule has 2 aromatic rings. The number of benzene rings is 2. The molecular formula is C23H27F3N6O. The Hall–Kier alpha value is -3.40. The minimum atomic E-state index is -1.04. The molecule has 0 spiro atoms. The van der Waals surface area contributed by atoms with Gasteiger partial charge in [0.05, 0.1) is 11.2 Å². The molecule has 1 aliphatic carbocycles. The summed E-state index contributed by atoms with van der Waals surface area (Å²) in [6, 6.07) is 9.06. The molecule has 1 unspecified atom stereocenters. The number of anilines is 1. The number of halogens is 3. The van der Waals surface area contributed by atoms with Gasteiger partial charge in [-0.1, -0.05) is 0 Å². The van der Waals surface area contributed by atoms with Gasteiger partial charge in [0, 0.05) is 30.6 Å². The third-order valence-electron chi connectivity index (χ3n) is 5.79. The second-order valence-corrected chi connectivity index (χ2v) is 8.15. The van der Waals surface area contributed by atoms with Crippen molar-refractivity contribution in [1.29, 1.82) is 0 Å². The van der Waals surface area contributed by atoms with Crippen LogP contribution in [-0.2, 0) is 4.79 Å². The van der Waals surface area contributed by atoms with Crippen LogP contribution < -0.4 is 22.5 Å². The molecule has 3 rings (SSSR count). The minimum Gasteiger partial charge on any atom is -0.386 e. The molecule has 2 aromatic carbocycles. The molecular weight excluding hydrogens is 433 g/mol. The zero-order valence-corrected chi connectivity index (χ0v) is 18.0. The van der Waals surface area contributed by atoms with Gasteiger partial charge in [-0.25, -0.2) is 18.2 Å². The van der Waals surface area contributed by atoms with E-state index in [1.807, 2.05) is 0 Å². The second-order valence-electron chi connectivity index (χ2n) is 8.15. The molecule has 0 aromatic heterocycles. The zero-order chi connectivity index (χ0) is 24.0. The van der Waals surface area contributed by atoms with Gasteiger partial charge in [0.1, 0.15) is 17.6 Å². The molecule has 0 bridgehead atoms. The first kappa shape index (κ1) is 24.2. The zero-order valence-electron chi connectivity index (χ0n) is 18.0. The number of amides is 1. The van der Waals surface area contributed by atoms with E-state index in [9.17, 15) is 18.0 Å². The monoisotopic (exact) mass is 460 g/mol. The molecule has 7 nitrogen and oxygen atoms in total. The normalized spacial score (nSPS) is 22.3. The molecule has 0 radical (unpaired) electrons. The maximum Gasteiger partial charge on any atom is 0.233 e. The summed E-state index contributed by atoms with van der Waals surface area (Å²) < 4.78 is 39.7. The summed E-state index contributed by atoms with van der Waals surface area (Å²) in [5.74, 6) is -4.04. The van der Waals surface area contributed by atoms with Crippen LogP contribution in [0.25, 0.3) is 0 Å². The van der Waals surface area contributed by atoms with E-state index in [1.54, 1.807) is 0 Å². The van der Waals surface area contributed by atoms with Gasteiger partial charge in [-0.2, -0.15) is 0 Å². The molecule has 1 fully saturated rings. The number of amidine groups is 1. The van der Waals surface area contributed by atoms with Crippen molar-refractivity contribution in [3.05, 3.63) is 59.9 Å². The lowest BCUT2D eigenvalue weighted by Gasteiger charge is -2.37. The molecule has 0 saturated heterocycles. The molecule has 0 heterocycles. The molecule has 10 heteroatoms. The summed E-state index contributed by atoms with van der Waals surface area (Å²) in [5, 5.41) is 3.20. The van der Waals surface area contributed by atoms with Crippen molar-refractivity contribution in [1.82, 2.24) is 0 Å². The average molecular weight is 461 g/mol. The van der Waals surface area contributed by atoms with E-state index in [0.717, 1.165) is 12.1 Å². The fraction of sp³-hybridized carbons (Fsp3) is 0.348. The maximum absolute atomic E-state index is 13.4. The van der Waals surface area contributed by atoms with Crippen LogP contribution in [0.2, 0.25) is 0 Å². The number of carbonyl (C=O) groups excluding carboxylic acids is 1. The Morgan fingerprint density at radius 1 is 1.09 bits per heavy atom. The van der Waals surface area contributed by atoms with Crippen molar-refractivity contribution in [3.63, 3.8) is 0 Å². The number of primary amides is 1. The molecule has 1 saturated carbocycles. The minimum absolute atomic E-state index is 0.0433. The smallest absolute Gasteiger partial charge is 0.233 e. The molecule has 1 aliphatic rings. The quantitative estimate of drug-likeness (QED) is 0.356. The Morgan fingerprint density at radius 3 is 2.33 bits per heavy atom. The number of nitrogens with zero attached hydrogens (tertiary/aromatic N) is 2. The highest BCUT2D eigenvalue weighted by molar-refractivity contribution is 6.14. The fourth-order valence-electron chi connectivity index (χ4n) is 3.77. The van der Waals surface area contributed by atoms with E-state index in [2.05, 4.69) is 15.3 Å². The lowest BCUT2D eigenvalue weighted by Crippen LogP contribution is -2.44. The highest BCUT2D eigenvalue weighted by atomic mass is 19.2. The number of hydrogen-bond acceptors (Lipinski definition) is 5. The van der Waals surface area contributed by atoms with Gasteiger partial charge < -0.3 is 22.5 Å². The van der Waals surface area contributed by atoms with Gasteiger partial charge in [0.25, 0.3) is 0 Å². The largest absolute Gasteiger partial charge is 0.386 e. The van der Waals surface area contributed by atoms with Crippen LogP contribution in [0.4, 0.5) is 24.5 Å². The molecule has 0 aliphatic heterocycles. The predicted molar refractivity (Wildman–Crippen MR) is 123 cm³/mol. The number of rotatable bonds is 8. The lowest BCUT2D eigenvalue weighted by molar-refractivity contribution is -0.118. The Bertz CT molecular complexity index is 1030. The maximum atomic E-state index is 13.4. The van der Waals surface area contributed by atoms with Crippen LogP contribution in [0.3, 0.4) is 0 Å². The third-order valence-corrected chi connectivity index (χ3v) is 5.79. The second kappa shape index (κ2) is 10.5. The Morgan fingerprint density at radius 2 is 1.76 bits per heavy atom. The van der Waals surface area contributed by atoms with Crippen molar-refractivity contribution in [2.75, 3.05) is 11.9 Å². The Labute approximate surface area is 190 Å². The van der Waals surface area contributed by atoms with E-state index in [1.165, 1.54) is 36.5 Å². The van der Waals surface area contributed by atoms with Crippen molar-refractivity contribution < 1.29 is 18.0 Å². The first-order valence-electron chi connectivity index (χ1n) is 10.6. The first-order valence-corrected chi connectivity index (χ1v) is 10.6. The highest BCUT2D eigenvalue weighted by Crippen LogP contribution is 2.33. The van der Waals surface area contributed by atoms with E-state index in [4.69, 9.17) is 17.2 Å². The molecule has 176 valence electrons. The van der Waals surface area contributed by atoms with Crippen molar-refractivity contribution in [2.24, 2.45) is 33.1 Å². The predicted octanol–water partition coefficient (Wildman–Crippen LogP) is 3.02. The fourth-order valence-corrected chi connectivity index (χ4v) is 3.77. The highest BCUT2D eigenvalue weighted by Gasteiger charge is 2.34. The summed E-state index contributed by atoms with van der Waals surface area (Å²) >= 11 is 0. The number of nitrogens with one attached hydrogen (secondary N) is 1. The van der Waals surface area contributed by atoms with Crippen molar-refractivity contribution >= 4 is 29.3 Å². The van der Waals surface area contributed by atoms with Crippen LogP contribution in [0.15, 0.2) is 52.4 Å². The van der Waals surface area contributed by atoms with Crippen LogP contribution in [0, 0.1) is 23.4 Å². The van der Waals surface area contributed by atoms with E-state index in [-0.39, 0.29) is 18.4 Å².